The molecule has 0 aliphatic heterocycles. The van der Waals surface area contributed by atoms with Crippen molar-refractivity contribution in [1.29, 1.82) is 0 Å². The number of rotatable bonds is 5. The lowest BCUT2D eigenvalue weighted by molar-refractivity contribution is -0.384. The van der Waals surface area contributed by atoms with Crippen molar-refractivity contribution in [3.05, 3.63) is 68.7 Å². The molecule has 0 saturated carbocycles. The van der Waals surface area contributed by atoms with Crippen molar-refractivity contribution in [3.63, 3.8) is 0 Å². The van der Waals surface area contributed by atoms with Crippen LogP contribution in [0.3, 0.4) is 0 Å². The van der Waals surface area contributed by atoms with E-state index in [1.165, 1.54) is 24.3 Å². The van der Waals surface area contributed by atoms with E-state index in [1.54, 1.807) is 6.07 Å². The van der Waals surface area contributed by atoms with Gasteiger partial charge in [-0.05, 0) is 54.5 Å². The van der Waals surface area contributed by atoms with Crippen molar-refractivity contribution in [2.75, 3.05) is 11.9 Å². The van der Waals surface area contributed by atoms with Gasteiger partial charge in [-0.15, -0.1) is 0 Å². The first kappa shape index (κ1) is 18.1. The molecule has 0 spiro atoms. The maximum atomic E-state index is 10.6. The Morgan fingerprint density at radius 2 is 2.00 bits per heavy atom. The number of nitro benzene ring substituents is 1. The molecule has 0 heterocycles. The fourth-order valence-corrected chi connectivity index (χ4v) is 2.40. The lowest BCUT2D eigenvalue weighted by atomic mass is 10.1. The normalized spacial score (nSPS) is 11.6. The van der Waals surface area contributed by atoms with E-state index < -0.39 is 11.0 Å². The van der Waals surface area contributed by atoms with Crippen LogP contribution in [0.15, 0.2) is 42.5 Å². The summed E-state index contributed by atoms with van der Waals surface area (Å²) >= 11 is 11.2. The van der Waals surface area contributed by atoms with Crippen LogP contribution in [0.25, 0.3) is 0 Å². The highest BCUT2D eigenvalue weighted by molar-refractivity contribution is 7.80. The number of non-ortho nitro benzene ring substituents is 1. The third-order valence-corrected chi connectivity index (χ3v) is 4.12. The molecule has 126 valence electrons. The summed E-state index contributed by atoms with van der Waals surface area (Å²) in [6, 6.07) is 11.2. The minimum atomic E-state index is -0.842. The Morgan fingerprint density at radius 3 is 2.62 bits per heavy atom. The summed E-state index contributed by atoms with van der Waals surface area (Å²) < 4.78 is 0. The second-order valence-electron chi connectivity index (χ2n) is 5.11. The lowest BCUT2D eigenvalue weighted by Crippen LogP contribution is -2.32. The fourth-order valence-electron chi connectivity index (χ4n) is 2.03. The van der Waals surface area contributed by atoms with Gasteiger partial charge in [0.25, 0.3) is 5.69 Å². The Bertz CT molecular complexity index is 753. The Hall–Kier alpha value is -2.22. The molecule has 0 aromatic heterocycles. The van der Waals surface area contributed by atoms with Gasteiger partial charge < -0.3 is 15.7 Å². The number of hydrogen-bond acceptors (Lipinski definition) is 4. The first-order valence-electron chi connectivity index (χ1n) is 7.11. The zero-order valence-electron chi connectivity index (χ0n) is 12.8. The number of benzene rings is 2. The Labute approximate surface area is 149 Å². The number of hydrogen-bond donors (Lipinski definition) is 3. The fraction of sp³-hybridized carbons (Fsp3) is 0.188. The van der Waals surface area contributed by atoms with Crippen molar-refractivity contribution in [3.8, 4) is 0 Å². The Balaban J connectivity index is 1.91. The standard InChI is InChI=1S/C16H16ClN3O3S/c1-10-13(17)3-2-4-14(10)19-16(24)18-9-15(21)11-5-7-12(8-6-11)20(22)23/h2-8,15,21H,9H2,1H3,(H2,18,19,24)/t15-/m0/s1. The molecule has 2 aromatic carbocycles. The van der Waals surface area contributed by atoms with Crippen LogP contribution >= 0.6 is 23.8 Å². The molecule has 2 rings (SSSR count). The molecule has 0 bridgehead atoms. The highest BCUT2D eigenvalue weighted by atomic mass is 35.5. The number of anilines is 1. The predicted octanol–water partition coefficient (Wildman–Crippen LogP) is 3.58. The van der Waals surface area contributed by atoms with E-state index in [0.29, 0.717) is 15.7 Å². The van der Waals surface area contributed by atoms with Gasteiger partial charge in [-0.25, -0.2) is 0 Å². The molecule has 24 heavy (non-hydrogen) atoms. The topological polar surface area (TPSA) is 87.4 Å². The van der Waals surface area contributed by atoms with Crippen molar-refractivity contribution in [2.45, 2.75) is 13.0 Å². The van der Waals surface area contributed by atoms with Gasteiger partial charge in [0.05, 0.1) is 11.0 Å². The molecule has 0 unspecified atom stereocenters. The third-order valence-electron chi connectivity index (χ3n) is 3.46. The maximum Gasteiger partial charge on any atom is 0.269 e. The van der Waals surface area contributed by atoms with Crippen molar-refractivity contribution in [1.82, 2.24) is 5.32 Å². The molecule has 0 aliphatic carbocycles. The molecule has 0 amide bonds. The summed E-state index contributed by atoms with van der Waals surface area (Å²) in [6.07, 6.45) is -0.842. The van der Waals surface area contributed by atoms with Crippen LogP contribution < -0.4 is 10.6 Å². The molecule has 1 atom stereocenters. The SMILES string of the molecule is Cc1c(Cl)cccc1NC(=S)NC[C@H](O)c1ccc([N+](=O)[O-])cc1. The minimum absolute atomic E-state index is 0.0208. The maximum absolute atomic E-state index is 10.6. The Morgan fingerprint density at radius 1 is 1.33 bits per heavy atom. The summed E-state index contributed by atoms with van der Waals surface area (Å²) in [6.45, 7) is 2.04. The first-order valence-corrected chi connectivity index (χ1v) is 7.89. The number of aliphatic hydroxyl groups excluding tert-OH is 1. The number of aliphatic hydroxyl groups is 1. The number of nitrogens with one attached hydrogen (secondary N) is 2. The molecule has 6 nitrogen and oxygen atoms in total. The van der Waals surface area contributed by atoms with E-state index in [-0.39, 0.29) is 12.2 Å². The van der Waals surface area contributed by atoms with Gasteiger partial charge in [-0.1, -0.05) is 17.7 Å². The van der Waals surface area contributed by atoms with Gasteiger partial charge in [-0.2, -0.15) is 0 Å². The van der Waals surface area contributed by atoms with Crippen molar-refractivity contribution >= 4 is 40.3 Å². The molecule has 8 heteroatoms. The zero-order chi connectivity index (χ0) is 17.7. The molecule has 3 N–H and O–H groups in total. The van der Waals surface area contributed by atoms with Gasteiger partial charge in [-0.3, -0.25) is 10.1 Å². The molecular weight excluding hydrogens is 350 g/mol. The number of thiocarbonyl (C=S) groups is 1. The van der Waals surface area contributed by atoms with Crippen LogP contribution in [-0.2, 0) is 0 Å². The average molecular weight is 366 g/mol. The summed E-state index contributed by atoms with van der Waals surface area (Å²) in [4.78, 5) is 10.1. The number of nitrogens with zero attached hydrogens (tertiary/aromatic N) is 1. The summed E-state index contributed by atoms with van der Waals surface area (Å²) in [5, 5.41) is 27.6. The van der Waals surface area contributed by atoms with E-state index in [1.807, 2.05) is 19.1 Å². The molecule has 0 radical (unpaired) electrons. The highest BCUT2D eigenvalue weighted by Gasteiger charge is 2.11. The summed E-state index contributed by atoms with van der Waals surface area (Å²) in [7, 11) is 0. The Kier molecular flexibility index (Phi) is 6.08. The van der Waals surface area contributed by atoms with Gasteiger partial charge in [0.2, 0.25) is 0 Å². The van der Waals surface area contributed by atoms with Gasteiger partial charge in [0.1, 0.15) is 0 Å². The summed E-state index contributed by atoms with van der Waals surface area (Å²) in [5.41, 5.74) is 2.20. The average Bonchev–Trinajstić information content (AvgIpc) is 2.57. The number of nitro groups is 1. The molecule has 0 aliphatic rings. The van der Waals surface area contributed by atoms with Crippen LogP contribution in [0, 0.1) is 17.0 Å². The lowest BCUT2D eigenvalue weighted by Gasteiger charge is -2.16. The van der Waals surface area contributed by atoms with Crippen LogP contribution in [0.1, 0.15) is 17.2 Å². The van der Waals surface area contributed by atoms with E-state index in [0.717, 1.165) is 11.3 Å². The quantitative estimate of drug-likeness (QED) is 0.426. The van der Waals surface area contributed by atoms with Crippen LogP contribution in [0.5, 0.6) is 0 Å². The second kappa shape index (κ2) is 8.05. The van der Waals surface area contributed by atoms with Crippen LogP contribution in [-0.4, -0.2) is 21.7 Å². The first-order chi connectivity index (χ1) is 11.4. The zero-order valence-corrected chi connectivity index (χ0v) is 14.4. The molecular formula is C16H16ClN3O3S. The van der Waals surface area contributed by atoms with Crippen LogP contribution in [0.4, 0.5) is 11.4 Å². The minimum Gasteiger partial charge on any atom is -0.387 e. The third kappa shape index (κ3) is 4.64. The molecule has 0 fully saturated rings. The molecule has 0 saturated heterocycles. The van der Waals surface area contributed by atoms with Crippen LogP contribution in [0.2, 0.25) is 5.02 Å². The smallest absolute Gasteiger partial charge is 0.269 e. The van der Waals surface area contributed by atoms with Gasteiger partial charge in [0, 0.05) is 29.4 Å². The summed E-state index contributed by atoms with van der Waals surface area (Å²) in [5.74, 6) is 0. The molecule has 2 aromatic rings. The second-order valence-corrected chi connectivity index (χ2v) is 5.93. The van der Waals surface area contributed by atoms with E-state index in [9.17, 15) is 15.2 Å². The number of halogens is 1. The van der Waals surface area contributed by atoms with Crippen molar-refractivity contribution in [2.24, 2.45) is 0 Å². The monoisotopic (exact) mass is 365 g/mol. The van der Waals surface area contributed by atoms with Crippen molar-refractivity contribution < 1.29 is 10.0 Å². The predicted molar refractivity (Wildman–Crippen MR) is 98.5 cm³/mol. The van der Waals surface area contributed by atoms with E-state index in [2.05, 4.69) is 10.6 Å². The highest BCUT2D eigenvalue weighted by Crippen LogP contribution is 2.23. The largest absolute Gasteiger partial charge is 0.387 e. The van der Waals surface area contributed by atoms with Gasteiger partial charge in [0.15, 0.2) is 5.11 Å². The van der Waals surface area contributed by atoms with E-state index in [4.69, 9.17) is 23.8 Å². The van der Waals surface area contributed by atoms with E-state index >= 15 is 0 Å². The van der Waals surface area contributed by atoms with Gasteiger partial charge >= 0.3 is 0 Å².